The third-order valence-corrected chi connectivity index (χ3v) is 6.07. The van der Waals surface area contributed by atoms with Gasteiger partial charge in [0, 0.05) is 7.05 Å². The Bertz CT molecular complexity index is 830. The van der Waals surface area contributed by atoms with Gasteiger partial charge in [0.15, 0.2) is 11.5 Å². The van der Waals surface area contributed by atoms with Gasteiger partial charge >= 0.3 is 0 Å². The van der Waals surface area contributed by atoms with Crippen molar-refractivity contribution in [3.8, 4) is 11.5 Å². The zero-order valence-corrected chi connectivity index (χ0v) is 17.2. The van der Waals surface area contributed by atoms with Crippen LogP contribution in [0.15, 0.2) is 48.5 Å². The molecule has 2 fully saturated rings. The monoisotopic (exact) mass is 395 g/mol. The van der Waals surface area contributed by atoms with Crippen molar-refractivity contribution in [3.63, 3.8) is 0 Å². The van der Waals surface area contributed by atoms with Crippen molar-refractivity contribution in [1.82, 2.24) is 4.90 Å². The first-order chi connectivity index (χ1) is 14.1. The quantitative estimate of drug-likeness (QED) is 0.756. The number of methoxy groups -OCH3 is 1. The van der Waals surface area contributed by atoms with Gasteiger partial charge < -0.3 is 19.1 Å². The Labute approximate surface area is 172 Å². The summed E-state index contributed by atoms with van der Waals surface area (Å²) in [6.07, 6.45) is 4.38. The first-order valence-corrected chi connectivity index (χ1v) is 10.4. The fourth-order valence-electron chi connectivity index (χ4n) is 4.29. The molecule has 5 nitrogen and oxygen atoms in total. The third kappa shape index (κ3) is 4.56. The lowest BCUT2D eigenvalue weighted by Gasteiger charge is -2.31. The van der Waals surface area contributed by atoms with Crippen molar-refractivity contribution in [2.24, 2.45) is 0 Å². The lowest BCUT2D eigenvalue weighted by Crippen LogP contribution is -2.40. The highest BCUT2D eigenvalue weighted by molar-refractivity contribution is 5.77. The van der Waals surface area contributed by atoms with Crippen LogP contribution >= 0.6 is 0 Å². The van der Waals surface area contributed by atoms with Crippen molar-refractivity contribution < 1.29 is 19.0 Å². The summed E-state index contributed by atoms with van der Waals surface area (Å²) >= 11 is 0. The summed E-state index contributed by atoms with van der Waals surface area (Å²) < 4.78 is 17.6. The highest BCUT2D eigenvalue weighted by atomic mass is 16.5. The van der Waals surface area contributed by atoms with Gasteiger partial charge in [0.1, 0.15) is 12.7 Å². The van der Waals surface area contributed by atoms with Gasteiger partial charge in [-0.3, -0.25) is 4.79 Å². The van der Waals surface area contributed by atoms with Crippen LogP contribution in [0.4, 0.5) is 0 Å². The normalized spacial score (nSPS) is 25.0. The number of likely N-dealkylation sites (N-methyl/N-ethyl adjacent to an activating group) is 1. The van der Waals surface area contributed by atoms with Crippen LogP contribution in [0.1, 0.15) is 48.8 Å². The second-order valence-corrected chi connectivity index (χ2v) is 7.99. The highest BCUT2D eigenvalue weighted by Crippen LogP contribution is 2.38. The molecule has 1 heterocycles. The zero-order valence-electron chi connectivity index (χ0n) is 17.2. The van der Waals surface area contributed by atoms with Gasteiger partial charge in [-0.2, -0.15) is 0 Å². The number of hydrogen-bond donors (Lipinski definition) is 0. The molecular weight excluding hydrogens is 366 g/mol. The number of benzene rings is 2. The highest BCUT2D eigenvalue weighted by Gasteiger charge is 2.27. The molecule has 0 bridgehead atoms. The summed E-state index contributed by atoms with van der Waals surface area (Å²) in [6.45, 7) is 0.666. The summed E-state index contributed by atoms with van der Waals surface area (Å²) in [7, 11) is 3.47. The van der Waals surface area contributed by atoms with Crippen LogP contribution in [-0.2, 0) is 9.53 Å². The molecule has 2 aliphatic rings. The summed E-state index contributed by atoms with van der Waals surface area (Å²) in [4.78, 5) is 13.4. The topological polar surface area (TPSA) is 48.0 Å². The second-order valence-electron chi connectivity index (χ2n) is 7.99. The standard InChI is InChI=1S/C24H29NO4/c1-25-15-23(28-16-24(25)26)19-10-13-21(27-2)22(14-19)29-20-11-8-18(9-12-20)17-6-4-3-5-7-17/h3-7,10,13-14,18,20,23H,8-9,11-12,15-16H2,1-2H3/t18-,20-,23?. The predicted octanol–water partition coefficient (Wildman–Crippen LogP) is 4.33. The predicted molar refractivity (Wildman–Crippen MR) is 111 cm³/mol. The second kappa shape index (κ2) is 8.87. The summed E-state index contributed by atoms with van der Waals surface area (Å²) in [5.41, 5.74) is 2.44. The van der Waals surface area contributed by atoms with E-state index < -0.39 is 0 Å². The molecular formula is C24H29NO4. The number of ether oxygens (including phenoxy) is 3. The summed E-state index contributed by atoms with van der Waals surface area (Å²) in [6, 6.07) is 16.7. The number of amides is 1. The maximum Gasteiger partial charge on any atom is 0.248 e. The Morgan fingerprint density at radius 1 is 0.966 bits per heavy atom. The smallest absolute Gasteiger partial charge is 0.248 e. The SMILES string of the molecule is COc1ccc(C2CN(C)C(=O)CO2)cc1O[C@H]1CC[C@H](c2ccccc2)CC1. The molecule has 0 aromatic heterocycles. The molecule has 0 radical (unpaired) electrons. The summed E-state index contributed by atoms with van der Waals surface area (Å²) in [5, 5.41) is 0. The van der Waals surface area contributed by atoms with E-state index in [4.69, 9.17) is 14.2 Å². The van der Waals surface area contributed by atoms with Crippen molar-refractivity contribution in [2.45, 2.75) is 43.8 Å². The van der Waals surface area contributed by atoms with Gasteiger partial charge in [-0.15, -0.1) is 0 Å². The van der Waals surface area contributed by atoms with Crippen LogP contribution in [0.25, 0.3) is 0 Å². The fraction of sp³-hybridized carbons (Fsp3) is 0.458. The molecule has 5 heteroatoms. The maximum absolute atomic E-state index is 11.7. The average Bonchev–Trinajstić information content (AvgIpc) is 2.77. The van der Waals surface area contributed by atoms with Crippen LogP contribution in [-0.4, -0.2) is 44.2 Å². The maximum atomic E-state index is 11.7. The minimum absolute atomic E-state index is 0.0152. The molecule has 2 aromatic carbocycles. The number of nitrogens with zero attached hydrogens (tertiary/aromatic N) is 1. The van der Waals surface area contributed by atoms with Crippen LogP contribution in [0, 0.1) is 0 Å². The van der Waals surface area contributed by atoms with E-state index in [9.17, 15) is 4.79 Å². The van der Waals surface area contributed by atoms with E-state index in [0.29, 0.717) is 12.5 Å². The lowest BCUT2D eigenvalue weighted by molar-refractivity contribution is -0.147. The number of hydrogen-bond acceptors (Lipinski definition) is 4. The van der Waals surface area contributed by atoms with Crippen molar-refractivity contribution >= 4 is 5.91 Å². The van der Waals surface area contributed by atoms with E-state index in [1.165, 1.54) is 5.56 Å². The van der Waals surface area contributed by atoms with Gasteiger partial charge in [-0.05, 0) is 54.9 Å². The van der Waals surface area contributed by atoms with Gasteiger partial charge in [0.05, 0.1) is 19.8 Å². The Balaban J connectivity index is 1.42. The van der Waals surface area contributed by atoms with Crippen molar-refractivity contribution in [3.05, 3.63) is 59.7 Å². The van der Waals surface area contributed by atoms with E-state index in [-0.39, 0.29) is 24.7 Å². The largest absolute Gasteiger partial charge is 0.493 e. The molecule has 1 aliphatic heterocycles. The van der Waals surface area contributed by atoms with Gasteiger partial charge in [-0.1, -0.05) is 36.4 Å². The molecule has 1 saturated carbocycles. The van der Waals surface area contributed by atoms with Gasteiger partial charge in [-0.25, -0.2) is 0 Å². The first-order valence-electron chi connectivity index (χ1n) is 10.4. The Morgan fingerprint density at radius 3 is 2.41 bits per heavy atom. The van der Waals surface area contributed by atoms with E-state index in [1.807, 2.05) is 25.2 Å². The average molecular weight is 395 g/mol. The molecule has 2 aromatic rings. The van der Waals surface area contributed by atoms with Gasteiger partial charge in [0.2, 0.25) is 5.91 Å². The molecule has 1 saturated heterocycles. The minimum Gasteiger partial charge on any atom is -0.493 e. The van der Waals surface area contributed by atoms with Crippen LogP contribution < -0.4 is 9.47 Å². The Morgan fingerprint density at radius 2 is 1.72 bits per heavy atom. The number of carbonyl (C=O) groups is 1. The molecule has 29 heavy (non-hydrogen) atoms. The molecule has 0 spiro atoms. The zero-order chi connectivity index (χ0) is 20.2. The fourth-order valence-corrected chi connectivity index (χ4v) is 4.29. The number of rotatable bonds is 5. The molecule has 1 amide bonds. The minimum atomic E-state index is -0.139. The Kier molecular flexibility index (Phi) is 6.05. The van der Waals surface area contributed by atoms with E-state index >= 15 is 0 Å². The molecule has 1 atom stereocenters. The van der Waals surface area contributed by atoms with E-state index in [0.717, 1.165) is 42.7 Å². The van der Waals surface area contributed by atoms with E-state index in [1.54, 1.807) is 12.0 Å². The summed E-state index contributed by atoms with van der Waals surface area (Å²) in [5.74, 6) is 2.13. The molecule has 0 N–H and O–H groups in total. The molecule has 154 valence electrons. The van der Waals surface area contributed by atoms with Gasteiger partial charge in [0.25, 0.3) is 0 Å². The first kappa shape index (κ1) is 19.8. The Hall–Kier alpha value is -2.53. The van der Waals surface area contributed by atoms with E-state index in [2.05, 4.69) is 30.3 Å². The lowest BCUT2D eigenvalue weighted by atomic mass is 9.83. The van der Waals surface area contributed by atoms with Crippen LogP contribution in [0.2, 0.25) is 0 Å². The molecule has 4 rings (SSSR count). The van der Waals surface area contributed by atoms with Crippen molar-refractivity contribution in [2.75, 3.05) is 27.3 Å². The van der Waals surface area contributed by atoms with Crippen molar-refractivity contribution in [1.29, 1.82) is 0 Å². The number of carbonyl (C=O) groups excluding carboxylic acids is 1. The van der Waals surface area contributed by atoms with Crippen LogP contribution in [0.3, 0.4) is 0 Å². The molecule has 1 unspecified atom stereocenters. The third-order valence-electron chi connectivity index (χ3n) is 6.07. The van der Waals surface area contributed by atoms with Crippen LogP contribution in [0.5, 0.6) is 11.5 Å². The molecule has 1 aliphatic carbocycles. The number of morpholine rings is 1.